The minimum atomic E-state index is -3.55. The fraction of sp³-hybridized carbons (Fsp3) is 0.714. The van der Waals surface area contributed by atoms with E-state index in [0.29, 0.717) is 18.6 Å². The molecule has 1 aromatic carbocycles. The summed E-state index contributed by atoms with van der Waals surface area (Å²) in [6.45, 7) is 4.27. The molecule has 0 amide bonds. The van der Waals surface area contributed by atoms with Gasteiger partial charge >= 0.3 is 10.1 Å². The van der Waals surface area contributed by atoms with E-state index < -0.39 is 10.1 Å². The van der Waals surface area contributed by atoms with Crippen LogP contribution in [0.5, 0.6) is 5.75 Å². The maximum absolute atomic E-state index is 12.5. The highest BCUT2D eigenvalue weighted by molar-refractivity contribution is 7.87. The standard InChI is InChI=1S/C21H36O3S/c1-3-5-6-7-8-9-10-11-15-19-21(16-4-2)25(22,23)24-20-17-13-12-14-18-20/h12-14,17-18,21H,3-11,15-16,19H2,1-2H3. The third-order valence-electron chi connectivity index (χ3n) is 4.60. The monoisotopic (exact) mass is 368 g/mol. The van der Waals surface area contributed by atoms with Crippen molar-refractivity contribution >= 4 is 10.1 Å². The van der Waals surface area contributed by atoms with Crippen molar-refractivity contribution in [2.45, 2.75) is 96.1 Å². The van der Waals surface area contributed by atoms with Gasteiger partial charge in [0.15, 0.2) is 0 Å². The Morgan fingerprint density at radius 2 is 1.32 bits per heavy atom. The molecule has 0 spiro atoms. The summed E-state index contributed by atoms with van der Waals surface area (Å²) in [5.41, 5.74) is 0. The van der Waals surface area contributed by atoms with Gasteiger partial charge in [0.05, 0.1) is 5.25 Å². The molecule has 1 atom stereocenters. The van der Waals surface area contributed by atoms with Crippen molar-refractivity contribution in [3.05, 3.63) is 30.3 Å². The lowest BCUT2D eigenvalue weighted by molar-refractivity contribution is 0.451. The van der Waals surface area contributed by atoms with Crippen LogP contribution in [0.25, 0.3) is 0 Å². The van der Waals surface area contributed by atoms with Crippen molar-refractivity contribution in [2.75, 3.05) is 0 Å². The molecular weight excluding hydrogens is 332 g/mol. The van der Waals surface area contributed by atoms with E-state index in [0.717, 1.165) is 19.3 Å². The van der Waals surface area contributed by atoms with Crippen LogP contribution in [0.4, 0.5) is 0 Å². The van der Waals surface area contributed by atoms with Crippen LogP contribution in [0.1, 0.15) is 90.9 Å². The first-order valence-electron chi connectivity index (χ1n) is 10.1. The van der Waals surface area contributed by atoms with Crippen LogP contribution >= 0.6 is 0 Å². The van der Waals surface area contributed by atoms with E-state index in [9.17, 15) is 8.42 Å². The lowest BCUT2D eigenvalue weighted by Crippen LogP contribution is -2.26. The second-order valence-corrected chi connectivity index (χ2v) is 8.74. The van der Waals surface area contributed by atoms with Gasteiger partial charge in [0.1, 0.15) is 5.75 Å². The third-order valence-corrected chi connectivity index (χ3v) is 6.32. The summed E-state index contributed by atoms with van der Waals surface area (Å²) in [5, 5.41) is -0.387. The predicted molar refractivity (Wildman–Crippen MR) is 107 cm³/mol. The maximum atomic E-state index is 12.5. The number of hydrogen-bond donors (Lipinski definition) is 0. The van der Waals surface area contributed by atoms with E-state index >= 15 is 0 Å². The number of rotatable bonds is 15. The van der Waals surface area contributed by atoms with E-state index in [1.54, 1.807) is 24.3 Å². The Morgan fingerprint density at radius 1 is 0.760 bits per heavy atom. The molecule has 0 aliphatic rings. The molecule has 0 N–H and O–H groups in total. The van der Waals surface area contributed by atoms with Crippen molar-refractivity contribution < 1.29 is 12.6 Å². The lowest BCUT2D eigenvalue weighted by Gasteiger charge is -2.17. The van der Waals surface area contributed by atoms with Crippen molar-refractivity contribution in [3.63, 3.8) is 0 Å². The van der Waals surface area contributed by atoms with Gasteiger partial charge in [-0.1, -0.05) is 96.3 Å². The highest BCUT2D eigenvalue weighted by Crippen LogP contribution is 2.22. The quantitative estimate of drug-likeness (QED) is 0.263. The fourth-order valence-corrected chi connectivity index (χ4v) is 4.61. The molecule has 0 aromatic heterocycles. The summed E-state index contributed by atoms with van der Waals surface area (Å²) in [7, 11) is -3.55. The van der Waals surface area contributed by atoms with Crippen molar-refractivity contribution in [2.24, 2.45) is 0 Å². The second kappa shape index (κ2) is 13.2. The number of benzene rings is 1. The van der Waals surface area contributed by atoms with Crippen molar-refractivity contribution in [3.8, 4) is 5.75 Å². The molecule has 1 unspecified atom stereocenters. The summed E-state index contributed by atoms with van der Waals surface area (Å²) in [6, 6.07) is 8.82. The molecule has 0 saturated carbocycles. The van der Waals surface area contributed by atoms with E-state index in [-0.39, 0.29) is 5.25 Å². The van der Waals surface area contributed by atoms with Gasteiger partial charge in [-0.15, -0.1) is 0 Å². The average Bonchev–Trinajstić information content (AvgIpc) is 2.59. The van der Waals surface area contributed by atoms with Gasteiger partial charge in [0, 0.05) is 0 Å². The van der Waals surface area contributed by atoms with Gasteiger partial charge in [0.25, 0.3) is 0 Å². The van der Waals surface area contributed by atoms with Gasteiger partial charge in [0.2, 0.25) is 0 Å². The van der Waals surface area contributed by atoms with Crippen LogP contribution < -0.4 is 4.18 Å². The third kappa shape index (κ3) is 9.88. The molecule has 0 radical (unpaired) electrons. The number of unbranched alkanes of at least 4 members (excludes halogenated alkanes) is 8. The Hall–Kier alpha value is -1.03. The van der Waals surface area contributed by atoms with E-state index in [4.69, 9.17) is 4.18 Å². The first-order valence-corrected chi connectivity index (χ1v) is 11.6. The zero-order chi connectivity index (χ0) is 18.4. The van der Waals surface area contributed by atoms with Gasteiger partial charge < -0.3 is 4.18 Å². The van der Waals surface area contributed by atoms with Crippen molar-refractivity contribution in [1.82, 2.24) is 0 Å². The molecule has 0 heterocycles. The topological polar surface area (TPSA) is 43.4 Å². The summed E-state index contributed by atoms with van der Waals surface area (Å²) in [4.78, 5) is 0. The molecule has 25 heavy (non-hydrogen) atoms. The minimum Gasteiger partial charge on any atom is -0.382 e. The Labute approximate surface area is 155 Å². The summed E-state index contributed by atoms with van der Waals surface area (Å²) >= 11 is 0. The summed E-state index contributed by atoms with van der Waals surface area (Å²) < 4.78 is 30.4. The molecule has 1 rings (SSSR count). The Bertz CT molecular complexity index is 525. The Balaban J connectivity index is 2.31. The average molecular weight is 369 g/mol. The van der Waals surface area contributed by atoms with Gasteiger partial charge in [-0.05, 0) is 25.0 Å². The molecule has 3 nitrogen and oxygen atoms in total. The Kier molecular flexibility index (Phi) is 11.6. The van der Waals surface area contributed by atoms with Crippen LogP contribution in [0.3, 0.4) is 0 Å². The van der Waals surface area contributed by atoms with Crippen LogP contribution in [0.15, 0.2) is 30.3 Å². The zero-order valence-corrected chi connectivity index (χ0v) is 16.9. The first kappa shape index (κ1) is 22.0. The molecule has 0 saturated heterocycles. The molecular formula is C21H36O3S. The highest BCUT2D eigenvalue weighted by Gasteiger charge is 2.26. The van der Waals surface area contributed by atoms with Crippen molar-refractivity contribution in [1.29, 1.82) is 0 Å². The SMILES string of the molecule is CCCCCCCCCCCC(CCC)S(=O)(=O)Oc1ccccc1. The summed E-state index contributed by atoms with van der Waals surface area (Å²) in [5.74, 6) is 0.413. The highest BCUT2D eigenvalue weighted by atomic mass is 32.2. The van der Waals surface area contributed by atoms with Crippen LogP contribution in [0, 0.1) is 0 Å². The number of para-hydroxylation sites is 1. The molecule has 144 valence electrons. The van der Waals surface area contributed by atoms with E-state index in [1.165, 1.54) is 44.9 Å². The fourth-order valence-electron chi connectivity index (χ4n) is 3.12. The molecule has 0 fully saturated rings. The zero-order valence-electron chi connectivity index (χ0n) is 16.1. The minimum absolute atomic E-state index is 0.387. The van der Waals surface area contributed by atoms with Crippen LogP contribution in [0.2, 0.25) is 0 Å². The van der Waals surface area contributed by atoms with Gasteiger partial charge in [-0.3, -0.25) is 0 Å². The molecule has 0 aliphatic heterocycles. The summed E-state index contributed by atoms with van der Waals surface area (Å²) in [6.07, 6.45) is 13.5. The second-order valence-electron chi connectivity index (χ2n) is 6.92. The van der Waals surface area contributed by atoms with E-state index in [2.05, 4.69) is 6.92 Å². The number of hydrogen-bond acceptors (Lipinski definition) is 3. The molecule has 0 aliphatic carbocycles. The first-order chi connectivity index (χ1) is 12.1. The molecule has 0 bridgehead atoms. The van der Waals surface area contributed by atoms with E-state index in [1.807, 2.05) is 13.0 Å². The largest absolute Gasteiger partial charge is 0.382 e. The molecule has 1 aromatic rings. The van der Waals surface area contributed by atoms with Crippen LogP contribution in [-0.2, 0) is 10.1 Å². The van der Waals surface area contributed by atoms with Gasteiger partial charge in [-0.2, -0.15) is 8.42 Å². The smallest absolute Gasteiger partial charge is 0.312 e. The Morgan fingerprint density at radius 3 is 1.88 bits per heavy atom. The van der Waals surface area contributed by atoms with Gasteiger partial charge in [-0.25, -0.2) is 0 Å². The predicted octanol–water partition coefficient (Wildman–Crippen LogP) is 6.48. The lowest BCUT2D eigenvalue weighted by atomic mass is 10.0. The van der Waals surface area contributed by atoms with Crippen LogP contribution in [-0.4, -0.2) is 13.7 Å². The molecule has 4 heteroatoms. The maximum Gasteiger partial charge on any atom is 0.312 e. The normalized spacial score (nSPS) is 12.9.